The highest BCUT2D eigenvalue weighted by atomic mass is 16.5. The predicted octanol–water partition coefficient (Wildman–Crippen LogP) is 2.64. The van der Waals surface area contributed by atoms with Crippen molar-refractivity contribution in [2.24, 2.45) is 11.7 Å². The smallest absolute Gasteiger partial charge is 0.255 e. The molecule has 2 rings (SSSR count). The van der Waals surface area contributed by atoms with E-state index < -0.39 is 0 Å². The number of nitrogens with one attached hydrogen (secondary N) is 1. The Morgan fingerprint density at radius 2 is 2.24 bits per heavy atom. The van der Waals surface area contributed by atoms with Crippen LogP contribution in [0.25, 0.3) is 0 Å². The van der Waals surface area contributed by atoms with Crippen molar-refractivity contribution in [2.75, 3.05) is 13.7 Å². The monoisotopic (exact) mass is 290 g/mol. The van der Waals surface area contributed by atoms with Crippen molar-refractivity contribution >= 4 is 5.91 Å². The second kappa shape index (κ2) is 6.48. The van der Waals surface area contributed by atoms with Crippen LogP contribution >= 0.6 is 0 Å². The first-order valence-electron chi connectivity index (χ1n) is 7.69. The van der Waals surface area contributed by atoms with E-state index in [2.05, 4.69) is 12.2 Å². The number of rotatable bonds is 4. The lowest BCUT2D eigenvalue weighted by atomic mass is 9.73. The van der Waals surface area contributed by atoms with Gasteiger partial charge in [-0.3, -0.25) is 4.79 Å². The summed E-state index contributed by atoms with van der Waals surface area (Å²) in [6.07, 6.45) is 4.40. The van der Waals surface area contributed by atoms with Crippen molar-refractivity contribution in [1.29, 1.82) is 0 Å². The summed E-state index contributed by atoms with van der Waals surface area (Å²) in [5.74, 6) is 0.916. The van der Waals surface area contributed by atoms with Gasteiger partial charge in [0.05, 0.1) is 18.2 Å². The van der Waals surface area contributed by atoms with Gasteiger partial charge in [-0.05, 0) is 37.8 Å². The molecule has 0 heterocycles. The molecule has 3 N–H and O–H groups in total. The predicted molar refractivity (Wildman–Crippen MR) is 84.6 cm³/mol. The number of hydrogen-bond acceptors (Lipinski definition) is 3. The Morgan fingerprint density at radius 1 is 1.48 bits per heavy atom. The van der Waals surface area contributed by atoms with Gasteiger partial charge in [0.2, 0.25) is 0 Å². The minimum Gasteiger partial charge on any atom is -0.496 e. The van der Waals surface area contributed by atoms with Crippen molar-refractivity contribution in [3.63, 3.8) is 0 Å². The Kier molecular flexibility index (Phi) is 4.88. The van der Waals surface area contributed by atoms with E-state index in [0.717, 1.165) is 24.8 Å². The first kappa shape index (κ1) is 15.8. The molecule has 4 nitrogen and oxygen atoms in total. The molecule has 0 saturated heterocycles. The molecule has 1 aliphatic rings. The van der Waals surface area contributed by atoms with E-state index >= 15 is 0 Å². The molecule has 0 aromatic heterocycles. The molecule has 1 aromatic carbocycles. The topological polar surface area (TPSA) is 64.3 Å². The standard InChI is InChI=1S/C17H26N2O2/c1-12-7-8-15(21-3)14(10-12)16(20)19-17(11-18)9-5-4-6-13(17)2/h7-8,10,13H,4-6,9,11,18H2,1-3H3,(H,19,20). The van der Waals surface area contributed by atoms with E-state index in [4.69, 9.17) is 10.5 Å². The van der Waals surface area contributed by atoms with E-state index in [1.807, 2.05) is 25.1 Å². The molecule has 0 bridgehead atoms. The van der Waals surface area contributed by atoms with Crippen LogP contribution in [0.4, 0.5) is 0 Å². The van der Waals surface area contributed by atoms with Gasteiger partial charge in [-0.15, -0.1) is 0 Å². The van der Waals surface area contributed by atoms with Gasteiger partial charge in [-0.1, -0.05) is 31.4 Å². The lowest BCUT2D eigenvalue weighted by molar-refractivity contribution is 0.0809. The molecular weight excluding hydrogens is 264 g/mol. The average Bonchev–Trinajstić information content (AvgIpc) is 2.49. The third-order valence-electron chi connectivity index (χ3n) is 4.78. The quantitative estimate of drug-likeness (QED) is 0.896. The van der Waals surface area contributed by atoms with Crippen molar-refractivity contribution in [2.45, 2.75) is 45.1 Å². The van der Waals surface area contributed by atoms with Crippen LogP contribution in [-0.2, 0) is 0 Å². The van der Waals surface area contributed by atoms with E-state index in [1.165, 1.54) is 6.42 Å². The van der Waals surface area contributed by atoms with E-state index in [1.54, 1.807) is 7.11 Å². The number of nitrogens with two attached hydrogens (primary N) is 1. The summed E-state index contributed by atoms with van der Waals surface area (Å²) in [4.78, 5) is 12.7. The molecule has 4 heteroatoms. The Morgan fingerprint density at radius 3 is 2.86 bits per heavy atom. The second-order valence-electron chi connectivity index (χ2n) is 6.16. The van der Waals surface area contributed by atoms with Gasteiger partial charge in [0, 0.05) is 6.54 Å². The molecule has 0 radical (unpaired) electrons. The molecule has 1 aliphatic carbocycles. The maximum atomic E-state index is 12.7. The van der Waals surface area contributed by atoms with E-state index in [9.17, 15) is 4.79 Å². The minimum atomic E-state index is -0.288. The van der Waals surface area contributed by atoms with Crippen LogP contribution in [0.2, 0.25) is 0 Å². The molecule has 1 saturated carbocycles. The average molecular weight is 290 g/mol. The maximum absolute atomic E-state index is 12.7. The fourth-order valence-corrected chi connectivity index (χ4v) is 3.25. The van der Waals surface area contributed by atoms with Crippen LogP contribution in [0.15, 0.2) is 18.2 Å². The number of carbonyl (C=O) groups is 1. The molecule has 1 fully saturated rings. The van der Waals surface area contributed by atoms with Crippen LogP contribution in [0.3, 0.4) is 0 Å². The van der Waals surface area contributed by atoms with Gasteiger partial charge in [0.1, 0.15) is 5.75 Å². The number of hydrogen-bond donors (Lipinski definition) is 2. The number of aryl methyl sites for hydroxylation is 1. The fourth-order valence-electron chi connectivity index (χ4n) is 3.25. The van der Waals surface area contributed by atoms with Crippen LogP contribution in [0.5, 0.6) is 5.75 Å². The van der Waals surface area contributed by atoms with Gasteiger partial charge in [-0.25, -0.2) is 0 Å². The van der Waals surface area contributed by atoms with E-state index in [-0.39, 0.29) is 11.4 Å². The van der Waals surface area contributed by atoms with Crippen LogP contribution in [0, 0.1) is 12.8 Å². The summed E-state index contributed by atoms with van der Waals surface area (Å²) in [6, 6.07) is 5.65. The van der Waals surface area contributed by atoms with Crippen molar-refractivity contribution in [3.05, 3.63) is 29.3 Å². The molecular formula is C17H26N2O2. The SMILES string of the molecule is COc1ccc(C)cc1C(=O)NC1(CN)CCCCC1C. The highest BCUT2D eigenvalue weighted by Crippen LogP contribution is 2.33. The zero-order valence-electron chi connectivity index (χ0n) is 13.2. The summed E-state index contributed by atoms with van der Waals surface area (Å²) in [6.45, 7) is 4.63. The third-order valence-corrected chi connectivity index (χ3v) is 4.78. The molecule has 0 spiro atoms. The number of carbonyl (C=O) groups excluding carboxylic acids is 1. The van der Waals surface area contributed by atoms with Crippen molar-refractivity contribution < 1.29 is 9.53 Å². The first-order valence-corrected chi connectivity index (χ1v) is 7.69. The molecule has 1 aromatic rings. The Balaban J connectivity index is 2.25. The number of ether oxygens (including phenoxy) is 1. The minimum absolute atomic E-state index is 0.0882. The van der Waals surface area contributed by atoms with Crippen LogP contribution in [0.1, 0.15) is 48.5 Å². The van der Waals surface area contributed by atoms with Gasteiger partial charge in [0.25, 0.3) is 5.91 Å². The molecule has 2 atom stereocenters. The molecule has 1 amide bonds. The summed E-state index contributed by atoms with van der Waals surface area (Å²) < 4.78 is 5.31. The lowest BCUT2D eigenvalue weighted by Crippen LogP contribution is -2.59. The van der Waals surface area contributed by atoms with Crippen LogP contribution in [-0.4, -0.2) is 25.1 Å². The molecule has 21 heavy (non-hydrogen) atoms. The van der Waals surface area contributed by atoms with Crippen LogP contribution < -0.4 is 15.8 Å². The highest BCUT2D eigenvalue weighted by molar-refractivity contribution is 5.97. The molecule has 2 unspecified atom stereocenters. The largest absolute Gasteiger partial charge is 0.496 e. The fraction of sp³-hybridized carbons (Fsp3) is 0.588. The zero-order chi connectivity index (χ0) is 15.5. The van der Waals surface area contributed by atoms with E-state index in [0.29, 0.717) is 23.8 Å². The molecule has 116 valence electrons. The zero-order valence-corrected chi connectivity index (χ0v) is 13.2. The number of amides is 1. The lowest BCUT2D eigenvalue weighted by Gasteiger charge is -2.42. The summed E-state index contributed by atoms with van der Waals surface area (Å²) >= 11 is 0. The molecule has 0 aliphatic heterocycles. The van der Waals surface area contributed by atoms with Crippen molar-refractivity contribution in [1.82, 2.24) is 5.32 Å². The van der Waals surface area contributed by atoms with Gasteiger partial charge < -0.3 is 15.8 Å². The first-order chi connectivity index (χ1) is 10.0. The van der Waals surface area contributed by atoms with Gasteiger partial charge in [-0.2, -0.15) is 0 Å². The highest BCUT2D eigenvalue weighted by Gasteiger charge is 2.38. The third kappa shape index (κ3) is 3.21. The number of benzene rings is 1. The maximum Gasteiger partial charge on any atom is 0.255 e. The normalized spacial score (nSPS) is 25.4. The van der Waals surface area contributed by atoms with Crippen molar-refractivity contribution in [3.8, 4) is 5.75 Å². The Hall–Kier alpha value is -1.55. The second-order valence-corrected chi connectivity index (χ2v) is 6.16. The van der Waals surface area contributed by atoms with Gasteiger partial charge in [0.15, 0.2) is 0 Å². The van der Waals surface area contributed by atoms with Gasteiger partial charge >= 0.3 is 0 Å². The number of methoxy groups -OCH3 is 1. The Bertz CT molecular complexity index is 516. The summed E-state index contributed by atoms with van der Waals surface area (Å²) in [7, 11) is 1.59. The summed E-state index contributed by atoms with van der Waals surface area (Å²) in [5, 5.41) is 3.21. The Labute approximate surface area is 127 Å². The summed E-state index contributed by atoms with van der Waals surface area (Å²) in [5.41, 5.74) is 7.35.